The van der Waals surface area contributed by atoms with Gasteiger partial charge in [-0.25, -0.2) is 4.39 Å². The van der Waals surface area contributed by atoms with E-state index in [9.17, 15) is 9.18 Å². The van der Waals surface area contributed by atoms with Crippen molar-refractivity contribution in [1.82, 2.24) is 4.98 Å². The van der Waals surface area contributed by atoms with Gasteiger partial charge in [0.05, 0.1) is 0 Å². The average Bonchev–Trinajstić information content (AvgIpc) is 2.08. The molecule has 1 aliphatic heterocycles. The van der Waals surface area contributed by atoms with Crippen LogP contribution in [0.15, 0.2) is 29.2 Å². The summed E-state index contributed by atoms with van der Waals surface area (Å²) in [6, 6.07) is 3.99. The third-order valence-electron chi connectivity index (χ3n) is 1.82. The SMILES string of the molecule is Nc1c[nH]c2cc(=O)c(F)cc-2c1. The van der Waals surface area contributed by atoms with Gasteiger partial charge in [-0.05, 0) is 12.1 Å². The zero-order valence-corrected chi connectivity index (χ0v) is 6.67. The molecule has 3 nitrogen and oxygen atoms in total. The number of anilines is 1. The monoisotopic (exact) mass is 178 g/mol. The van der Waals surface area contributed by atoms with Gasteiger partial charge in [-0.15, -0.1) is 0 Å². The smallest absolute Gasteiger partial charge is 0.216 e. The maximum atomic E-state index is 12.8. The summed E-state index contributed by atoms with van der Waals surface area (Å²) < 4.78 is 12.8. The minimum atomic E-state index is -0.758. The number of hydrogen-bond donors (Lipinski definition) is 2. The number of nitrogens with two attached hydrogens (primary N) is 1. The molecule has 2 aliphatic rings. The van der Waals surface area contributed by atoms with Crippen molar-refractivity contribution < 1.29 is 4.39 Å². The molecule has 4 heteroatoms. The quantitative estimate of drug-likeness (QED) is 0.636. The van der Waals surface area contributed by atoms with E-state index >= 15 is 0 Å². The van der Waals surface area contributed by atoms with Crippen molar-refractivity contribution in [1.29, 1.82) is 0 Å². The summed E-state index contributed by atoms with van der Waals surface area (Å²) in [4.78, 5) is 13.7. The van der Waals surface area contributed by atoms with Crippen molar-refractivity contribution in [3.63, 3.8) is 0 Å². The highest BCUT2D eigenvalue weighted by atomic mass is 19.1. The van der Waals surface area contributed by atoms with Crippen LogP contribution >= 0.6 is 0 Å². The van der Waals surface area contributed by atoms with Crippen molar-refractivity contribution in [2.75, 3.05) is 5.73 Å². The molecule has 0 saturated carbocycles. The molecule has 0 atom stereocenters. The molecular formula is C9H7FN2O. The predicted octanol–water partition coefficient (Wildman–Crippen LogP) is 1.20. The molecule has 1 aliphatic carbocycles. The van der Waals surface area contributed by atoms with Gasteiger partial charge < -0.3 is 10.7 Å². The molecule has 0 aromatic carbocycles. The van der Waals surface area contributed by atoms with Gasteiger partial charge in [-0.3, -0.25) is 4.79 Å². The number of aromatic amines is 1. The molecule has 66 valence electrons. The second-order valence-electron chi connectivity index (χ2n) is 2.80. The predicted molar refractivity (Wildman–Crippen MR) is 48.1 cm³/mol. The van der Waals surface area contributed by atoms with Crippen molar-refractivity contribution in [2.45, 2.75) is 0 Å². The second kappa shape index (κ2) is 2.58. The van der Waals surface area contributed by atoms with Crippen LogP contribution in [-0.2, 0) is 0 Å². The number of fused-ring (bicyclic) bond motifs is 1. The minimum absolute atomic E-state index is 0.505. The number of aromatic nitrogens is 1. The third kappa shape index (κ3) is 1.26. The molecule has 0 unspecified atom stereocenters. The molecule has 0 spiro atoms. The average molecular weight is 178 g/mol. The Morgan fingerprint density at radius 3 is 2.85 bits per heavy atom. The van der Waals surface area contributed by atoms with Gasteiger partial charge in [-0.2, -0.15) is 0 Å². The Hall–Kier alpha value is -1.84. The Morgan fingerprint density at radius 1 is 1.31 bits per heavy atom. The van der Waals surface area contributed by atoms with E-state index in [0.717, 1.165) is 0 Å². The van der Waals surface area contributed by atoms with Gasteiger partial charge in [0, 0.05) is 29.2 Å². The fraction of sp³-hybridized carbons (Fsp3) is 0. The van der Waals surface area contributed by atoms with Crippen LogP contribution in [-0.4, -0.2) is 4.98 Å². The van der Waals surface area contributed by atoms with Crippen LogP contribution in [0.1, 0.15) is 0 Å². The van der Waals surface area contributed by atoms with Crippen LogP contribution in [0.2, 0.25) is 0 Å². The van der Waals surface area contributed by atoms with E-state index in [1.807, 2.05) is 0 Å². The summed E-state index contributed by atoms with van der Waals surface area (Å²) in [6.07, 6.45) is 1.56. The van der Waals surface area contributed by atoms with E-state index in [0.29, 0.717) is 16.9 Å². The molecule has 0 amide bonds. The molecule has 0 bridgehead atoms. The van der Waals surface area contributed by atoms with Crippen molar-refractivity contribution in [3.05, 3.63) is 40.4 Å². The maximum Gasteiger partial charge on any atom is 0.216 e. The van der Waals surface area contributed by atoms with Gasteiger partial charge in [-0.1, -0.05) is 0 Å². The topological polar surface area (TPSA) is 58.9 Å². The van der Waals surface area contributed by atoms with Crippen LogP contribution in [0.5, 0.6) is 0 Å². The number of hydrogen-bond acceptors (Lipinski definition) is 2. The van der Waals surface area contributed by atoms with E-state index in [4.69, 9.17) is 5.73 Å². The lowest BCUT2D eigenvalue weighted by atomic mass is 10.1. The number of H-pyrrole nitrogens is 1. The maximum absolute atomic E-state index is 12.8. The second-order valence-corrected chi connectivity index (χ2v) is 2.80. The Kier molecular flexibility index (Phi) is 1.55. The Labute approximate surface area is 73.4 Å². The molecular weight excluding hydrogens is 171 g/mol. The largest absolute Gasteiger partial charge is 0.398 e. The highest BCUT2D eigenvalue weighted by Gasteiger charge is 2.06. The van der Waals surface area contributed by atoms with Crippen LogP contribution in [0.4, 0.5) is 10.1 Å². The Balaban J connectivity index is 2.83. The molecule has 3 N–H and O–H groups in total. The summed E-state index contributed by atoms with van der Waals surface area (Å²) in [7, 11) is 0. The fourth-order valence-electron chi connectivity index (χ4n) is 1.20. The standard InChI is InChI=1S/C9H7FN2O/c10-7-2-5-1-6(11)4-12-8(5)3-9(7)13/h1-4,12H,11H2. The lowest BCUT2D eigenvalue weighted by Crippen LogP contribution is -2.06. The Bertz CT molecular complexity index is 478. The van der Waals surface area contributed by atoms with E-state index in [-0.39, 0.29) is 0 Å². The summed E-state index contributed by atoms with van der Waals surface area (Å²) >= 11 is 0. The lowest BCUT2D eigenvalue weighted by Gasteiger charge is -2.04. The van der Waals surface area contributed by atoms with E-state index in [1.54, 1.807) is 12.3 Å². The highest BCUT2D eigenvalue weighted by Crippen LogP contribution is 2.19. The lowest BCUT2D eigenvalue weighted by molar-refractivity contribution is 0.618. The van der Waals surface area contributed by atoms with Gasteiger partial charge in [0.15, 0.2) is 5.82 Å². The van der Waals surface area contributed by atoms with Gasteiger partial charge in [0.2, 0.25) is 5.43 Å². The van der Waals surface area contributed by atoms with Crippen LogP contribution in [0.3, 0.4) is 0 Å². The molecule has 0 aromatic rings. The number of halogens is 1. The van der Waals surface area contributed by atoms with Gasteiger partial charge >= 0.3 is 0 Å². The van der Waals surface area contributed by atoms with E-state index in [1.165, 1.54) is 12.1 Å². The number of pyridine rings is 1. The van der Waals surface area contributed by atoms with Gasteiger partial charge in [0.1, 0.15) is 0 Å². The van der Waals surface area contributed by atoms with E-state index < -0.39 is 11.2 Å². The summed E-state index contributed by atoms with van der Waals surface area (Å²) in [5.41, 5.74) is 6.55. The molecule has 0 radical (unpaired) electrons. The summed E-state index contributed by atoms with van der Waals surface area (Å²) in [5.74, 6) is -0.758. The molecule has 0 fully saturated rings. The van der Waals surface area contributed by atoms with E-state index in [2.05, 4.69) is 4.98 Å². The summed E-state index contributed by atoms with van der Waals surface area (Å²) in [6.45, 7) is 0. The minimum Gasteiger partial charge on any atom is -0.398 e. The normalized spacial score (nSPS) is 10.5. The van der Waals surface area contributed by atoms with Crippen molar-refractivity contribution in [3.8, 4) is 11.3 Å². The molecule has 2 rings (SSSR count). The van der Waals surface area contributed by atoms with Crippen LogP contribution in [0, 0.1) is 5.82 Å². The Morgan fingerprint density at radius 2 is 2.08 bits per heavy atom. The molecule has 0 saturated heterocycles. The van der Waals surface area contributed by atoms with Crippen molar-refractivity contribution in [2.24, 2.45) is 0 Å². The fourth-order valence-corrected chi connectivity index (χ4v) is 1.20. The van der Waals surface area contributed by atoms with Crippen molar-refractivity contribution >= 4 is 5.69 Å². The number of nitrogen functional groups attached to an aromatic ring is 1. The number of nitrogens with one attached hydrogen (secondary N) is 1. The van der Waals surface area contributed by atoms with Crippen LogP contribution in [0.25, 0.3) is 11.3 Å². The molecule has 13 heavy (non-hydrogen) atoms. The first-order valence-corrected chi connectivity index (χ1v) is 3.74. The number of rotatable bonds is 0. The molecule has 0 aromatic heterocycles. The highest BCUT2D eigenvalue weighted by molar-refractivity contribution is 5.64. The third-order valence-corrected chi connectivity index (χ3v) is 1.82. The van der Waals surface area contributed by atoms with Gasteiger partial charge in [0.25, 0.3) is 0 Å². The van der Waals surface area contributed by atoms with Crippen LogP contribution < -0.4 is 11.2 Å². The molecule has 1 heterocycles. The zero-order valence-electron chi connectivity index (χ0n) is 6.67. The first-order valence-electron chi connectivity index (χ1n) is 3.74. The zero-order chi connectivity index (χ0) is 9.42. The number of benzene rings is 1. The first-order chi connectivity index (χ1) is 6.16. The first kappa shape index (κ1) is 7.79. The summed E-state index contributed by atoms with van der Waals surface area (Å²) in [5, 5.41) is 0.